The van der Waals surface area contributed by atoms with Gasteiger partial charge >= 0.3 is 11.8 Å². The quantitative estimate of drug-likeness (QED) is 0.461. The van der Waals surface area contributed by atoms with E-state index in [1.807, 2.05) is 13.8 Å². The first kappa shape index (κ1) is 22.9. The first-order chi connectivity index (χ1) is 14.7. The number of rotatable bonds is 5. The lowest BCUT2D eigenvalue weighted by atomic mass is 10.2. The number of hydrogen-bond acceptors (Lipinski definition) is 3. The fraction of sp³-hybridized carbons (Fsp3) is 0.190. The summed E-state index contributed by atoms with van der Waals surface area (Å²) in [6.45, 7) is 4.17. The predicted octanol–water partition coefficient (Wildman–Crippen LogP) is 4.70. The molecule has 0 aliphatic heterocycles. The van der Waals surface area contributed by atoms with Crippen LogP contribution >= 0.6 is 34.8 Å². The van der Waals surface area contributed by atoms with E-state index in [-0.39, 0.29) is 16.6 Å². The molecule has 1 aromatic heterocycles. The fourth-order valence-corrected chi connectivity index (χ4v) is 3.25. The lowest BCUT2D eigenvalue weighted by molar-refractivity contribution is -0.136. The van der Waals surface area contributed by atoms with E-state index >= 15 is 0 Å². The third kappa shape index (κ3) is 5.50. The molecule has 3 amide bonds. The van der Waals surface area contributed by atoms with Gasteiger partial charge in [0.1, 0.15) is 5.69 Å². The van der Waals surface area contributed by atoms with E-state index in [9.17, 15) is 14.4 Å². The van der Waals surface area contributed by atoms with E-state index in [0.717, 1.165) is 0 Å². The summed E-state index contributed by atoms with van der Waals surface area (Å²) in [6, 6.07) is 11.1. The van der Waals surface area contributed by atoms with Gasteiger partial charge in [-0.2, -0.15) is 0 Å². The largest absolute Gasteiger partial charge is 0.348 e. The second-order valence-corrected chi connectivity index (χ2v) is 8.45. The van der Waals surface area contributed by atoms with Crippen LogP contribution in [0.5, 0.6) is 0 Å². The summed E-state index contributed by atoms with van der Waals surface area (Å²) in [7, 11) is 0. The van der Waals surface area contributed by atoms with Gasteiger partial charge in [-0.3, -0.25) is 19.8 Å². The molecule has 0 fully saturated rings. The van der Waals surface area contributed by atoms with Gasteiger partial charge in [0.25, 0.3) is 5.91 Å². The maximum atomic E-state index is 13.0. The number of fused-ring (bicyclic) bond motifs is 1. The number of carbonyl (C=O) groups is 3. The Labute approximate surface area is 193 Å². The number of amides is 3. The Morgan fingerprint density at radius 1 is 0.935 bits per heavy atom. The number of anilines is 1. The van der Waals surface area contributed by atoms with Crippen LogP contribution in [0.25, 0.3) is 10.9 Å². The summed E-state index contributed by atoms with van der Waals surface area (Å²) in [5.41, 5.74) is 3.48. The second-order valence-electron chi connectivity index (χ2n) is 7.20. The van der Waals surface area contributed by atoms with Gasteiger partial charge in [0, 0.05) is 22.6 Å². The Kier molecular flexibility index (Phi) is 7.10. The van der Waals surface area contributed by atoms with Gasteiger partial charge in [-0.15, -0.1) is 0 Å². The van der Waals surface area contributed by atoms with E-state index in [1.165, 1.54) is 10.7 Å². The number of benzene rings is 2. The van der Waals surface area contributed by atoms with E-state index < -0.39 is 17.7 Å². The standard InChI is InChI=1S/C21H19Cl3N4O3/c1-11(2)10-25-20(30)21(31)27-28-17-6-3-13(22)7-12(17)8-18(28)19(29)26-14-4-5-15(23)16(24)9-14/h3-9,11H,10H2,1-2H3,(H,25,30)(H,26,29)(H,27,31). The Hall–Kier alpha value is -2.74. The topological polar surface area (TPSA) is 92.2 Å². The molecule has 162 valence electrons. The van der Waals surface area contributed by atoms with Crippen molar-refractivity contribution in [2.24, 2.45) is 5.92 Å². The molecule has 10 heteroatoms. The van der Waals surface area contributed by atoms with Crippen LogP contribution in [0, 0.1) is 5.92 Å². The summed E-state index contributed by atoms with van der Waals surface area (Å²) in [5.74, 6) is -2.07. The Morgan fingerprint density at radius 2 is 1.68 bits per heavy atom. The van der Waals surface area contributed by atoms with Crippen LogP contribution in [0.15, 0.2) is 42.5 Å². The van der Waals surface area contributed by atoms with Gasteiger partial charge in [-0.25, -0.2) is 4.68 Å². The minimum atomic E-state index is -0.906. The van der Waals surface area contributed by atoms with Crippen LogP contribution in [0.4, 0.5) is 5.69 Å². The summed E-state index contributed by atoms with van der Waals surface area (Å²) in [4.78, 5) is 37.5. The van der Waals surface area contributed by atoms with Gasteiger partial charge in [0.05, 0.1) is 15.6 Å². The van der Waals surface area contributed by atoms with E-state index in [1.54, 1.807) is 36.4 Å². The summed E-state index contributed by atoms with van der Waals surface area (Å²) in [5, 5.41) is 6.93. The SMILES string of the molecule is CC(C)CNC(=O)C(=O)Nn1c(C(=O)Nc2ccc(Cl)c(Cl)c2)cc2cc(Cl)ccc21. The molecule has 0 atom stereocenters. The Morgan fingerprint density at radius 3 is 2.35 bits per heavy atom. The zero-order valence-electron chi connectivity index (χ0n) is 16.6. The molecule has 3 rings (SSSR count). The molecule has 0 bridgehead atoms. The van der Waals surface area contributed by atoms with E-state index in [4.69, 9.17) is 34.8 Å². The highest BCUT2D eigenvalue weighted by atomic mass is 35.5. The molecule has 0 radical (unpaired) electrons. The highest BCUT2D eigenvalue weighted by Crippen LogP contribution is 2.27. The van der Waals surface area contributed by atoms with Crippen molar-refractivity contribution in [1.29, 1.82) is 0 Å². The molecule has 0 spiro atoms. The molecule has 3 aromatic rings. The minimum Gasteiger partial charge on any atom is -0.348 e. The smallest absolute Gasteiger partial charge is 0.328 e. The van der Waals surface area contributed by atoms with Crippen molar-refractivity contribution in [2.45, 2.75) is 13.8 Å². The molecular formula is C21H19Cl3N4O3. The Bertz CT molecular complexity index is 1170. The van der Waals surface area contributed by atoms with Gasteiger partial charge in [-0.1, -0.05) is 48.7 Å². The van der Waals surface area contributed by atoms with Gasteiger partial charge in [0.15, 0.2) is 0 Å². The molecule has 7 nitrogen and oxygen atoms in total. The third-order valence-corrected chi connectivity index (χ3v) is 5.24. The van der Waals surface area contributed by atoms with Crippen molar-refractivity contribution in [3.63, 3.8) is 0 Å². The van der Waals surface area contributed by atoms with E-state index in [2.05, 4.69) is 16.1 Å². The maximum Gasteiger partial charge on any atom is 0.328 e. The molecule has 0 unspecified atom stereocenters. The molecule has 31 heavy (non-hydrogen) atoms. The van der Waals surface area contributed by atoms with Crippen LogP contribution in [-0.2, 0) is 9.59 Å². The molecule has 0 saturated carbocycles. The normalized spacial score (nSPS) is 10.9. The van der Waals surface area contributed by atoms with Crippen LogP contribution in [0.1, 0.15) is 24.3 Å². The number of carbonyl (C=O) groups excluding carboxylic acids is 3. The molecule has 3 N–H and O–H groups in total. The lowest BCUT2D eigenvalue weighted by Crippen LogP contribution is -2.41. The van der Waals surface area contributed by atoms with Crippen molar-refractivity contribution >= 4 is 69.1 Å². The Balaban J connectivity index is 1.92. The maximum absolute atomic E-state index is 13.0. The van der Waals surface area contributed by atoms with Gasteiger partial charge in [-0.05, 0) is 48.4 Å². The molecule has 2 aromatic carbocycles. The zero-order valence-corrected chi connectivity index (χ0v) is 18.9. The molecule has 1 heterocycles. The second kappa shape index (κ2) is 9.60. The zero-order chi connectivity index (χ0) is 22.7. The van der Waals surface area contributed by atoms with Crippen LogP contribution < -0.4 is 16.1 Å². The van der Waals surface area contributed by atoms with Crippen LogP contribution in [0.2, 0.25) is 15.1 Å². The first-order valence-electron chi connectivity index (χ1n) is 9.32. The molecule has 0 aliphatic carbocycles. The highest BCUT2D eigenvalue weighted by Gasteiger charge is 2.21. The van der Waals surface area contributed by atoms with E-state index in [0.29, 0.717) is 33.2 Å². The number of nitrogens with zero attached hydrogens (tertiary/aromatic N) is 1. The predicted molar refractivity (Wildman–Crippen MR) is 124 cm³/mol. The molecule has 0 aliphatic rings. The number of halogens is 3. The average molecular weight is 482 g/mol. The lowest BCUT2D eigenvalue weighted by Gasteiger charge is -2.13. The number of aromatic nitrogens is 1. The molecule has 0 saturated heterocycles. The van der Waals surface area contributed by atoms with Crippen molar-refractivity contribution < 1.29 is 14.4 Å². The summed E-state index contributed by atoms with van der Waals surface area (Å²) < 4.78 is 1.25. The summed E-state index contributed by atoms with van der Waals surface area (Å²) in [6.07, 6.45) is 0. The van der Waals surface area contributed by atoms with Gasteiger partial charge in [0.2, 0.25) is 0 Å². The van der Waals surface area contributed by atoms with Crippen molar-refractivity contribution in [3.05, 3.63) is 63.2 Å². The average Bonchev–Trinajstić information content (AvgIpc) is 3.06. The minimum absolute atomic E-state index is 0.0911. The first-order valence-corrected chi connectivity index (χ1v) is 10.5. The highest BCUT2D eigenvalue weighted by molar-refractivity contribution is 6.42. The number of hydrogen-bond donors (Lipinski definition) is 3. The van der Waals surface area contributed by atoms with Crippen molar-refractivity contribution in [2.75, 3.05) is 17.3 Å². The number of nitrogens with one attached hydrogen (secondary N) is 3. The van der Waals surface area contributed by atoms with Crippen LogP contribution in [-0.4, -0.2) is 28.9 Å². The summed E-state index contributed by atoms with van der Waals surface area (Å²) >= 11 is 18.0. The monoisotopic (exact) mass is 480 g/mol. The van der Waals surface area contributed by atoms with Crippen LogP contribution in [0.3, 0.4) is 0 Å². The third-order valence-electron chi connectivity index (χ3n) is 4.26. The van der Waals surface area contributed by atoms with Crippen molar-refractivity contribution in [3.8, 4) is 0 Å². The molecular weight excluding hydrogens is 463 g/mol. The van der Waals surface area contributed by atoms with Gasteiger partial charge < -0.3 is 10.6 Å². The fourth-order valence-electron chi connectivity index (χ4n) is 2.77. The van der Waals surface area contributed by atoms with Crippen molar-refractivity contribution in [1.82, 2.24) is 9.99 Å².